The molecule has 0 saturated heterocycles. The molecule has 0 aliphatic carbocycles. The van der Waals surface area contributed by atoms with E-state index in [9.17, 15) is 9.59 Å². The molecule has 0 bridgehead atoms. The zero-order valence-corrected chi connectivity index (χ0v) is 16.3. The summed E-state index contributed by atoms with van der Waals surface area (Å²) in [5.74, 6) is 0.488. The molecular weight excluding hydrogens is 374 g/mol. The zero-order chi connectivity index (χ0) is 18.1. The molecule has 0 spiro atoms. The van der Waals surface area contributed by atoms with Crippen LogP contribution in [0.3, 0.4) is 0 Å². The molecular formula is C17H27BrN3O3+. The number of benzene rings is 1. The molecule has 0 fully saturated rings. The van der Waals surface area contributed by atoms with Gasteiger partial charge in [-0.05, 0) is 31.5 Å². The lowest BCUT2D eigenvalue weighted by molar-refractivity contribution is -0.885. The highest BCUT2D eigenvalue weighted by atomic mass is 79.9. The van der Waals surface area contributed by atoms with Gasteiger partial charge in [0.05, 0.1) is 14.2 Å². The first-order valence-corrected chi connectivity index (χ1v) is 8.87. The minimum absolute atomic E-state index is 0.152. The van der Waals surface area contributed by atoms with E-state index >= 15 is 0 Å². The summed E-state index contributed by atoms with van der Waals surface area (Å²) in [6.07, 6.45) is 0.869. The van der Waals surface area contributed by atoms with Crippen LogP contribution in [0.15, 0.2) is 22.7 Å². The molecule has 1 aromatic carbocycles. The van der Waals surface area contributed by atoms with Gasteiger partial charge in [0.2, 0.25) is 5.91 Å². The van der Waals surface area contributed by atoms with Crippen LogP contribution in [0.1, 0.15) is 25.8 Å². The Morgan fingerprint density at radius 3 is 2.71 bits per heavy atom. The predicted molar refractivity (Wildman–Crippen MR) is 97.1 cm³/mol. The zero-order valence-electron chi connectivity index (χ0n) is 14.7. The van der Waals surface area contributed by atoms with Gasteiger partial charge in [-0.3, -0.25) is 9.59 Å². The molecule has 0 heterocycles. The van der Waals surface area contributed by atoms with Crippen molar-refractivity contribution >= 4 is 27.7 Å². The van der Waals surface area contributed by atoms with E-state index in [-0.39, 0.29) is 18.4 Å². The number of methoxy groups -OCH3 is 1. The van der Waals surface area contributed by atoms with Gasteiger partial charge in [-0.25, -0.2) is 0 Å². The maximum absolute atomic E-state index is 12.1. The molecule has 0 aromatic heterocycles. The fourth-order valence-electron chi connectivity index (χ4n) is 2.31. The summed E-state index contributed by atoms with van der Waals surface area (Å²) in [7, 11) is 3.56. The summed E-state index contributed by atoms with van der Waals surface area (Å²) in [6, 6.07) is 5.27. The van der Waals surface area contributed by atoms with Crippen molar-refractivity contribution < 1.29 is 19.2 Å². The number of nitrogens with one attached hydrogen (secondary N) is 3. The van der Waals surface area contributed by atoms with Crippen molar-refractivity contribution in [2.45, 2.75) is 32.9 Å². The third-order valence-corrected chi connectivity index (χ3v) is 4.01. The maximum Gasteiger partial charge on any atom is 0.275 e. The van der Waals surface area contributed by atoms with Gasteiger partial charge < -0.3 is 20.3 Å². The average molecular weight is 401 g/mol. The van der Waals surface area contributed by atoms with Crippen LogP contribution >= 0.6 is 15.9 Å². The van der Waals surface area contributed by atoms with Crippen LogP contribution in [0.25, 0.3) is 0 Å². The van der Waals surface area contributed by atoms with Gasteiger partial charge in [0.1, 0.15) is 18.3 Å². The fourth-order valence-corrected chi connectivity index (χ4v) is 2.71. The van der Waals surface area contributed by atoms with Crippen LogP contribution < -0.4 is 20.3 Å². The monoisotopic (exact) mass is 400 g/mol. The highest BCUT2D eigenvalue weighted by molar-refractivity contribution is 9.10. The number of carbonyl (C=O) groups excluding carboxylic acids is 2. The molecule has 2 atom stereocenters. The Morgan fingerprint density at radius 2 is 2.08 bits per heavy atom. The smallest absolute Gasteiger partial charge is 0.275 e. The number of hydrogen-bond acceptors (Lipinski definition) is 3. The lowest BCUT2D eigenvalue weighted by atomic mass is 10.2. The Labute approximate surface area is 152 Å². The van der Waals surface area contributed by atoms with Crippen LogP contribution in [-0.2, 0) is 16.1 Å². The van der Waals surface area contributed by atoms with Crippen molar-refractivity contribution in [3.05, 3.63) is 28.2 Å². The van der Waals surface area contributed by atoms with Crippen molar-refractivity contribution in [3.63, 3.8) is 0 Å². The number of rotatable bonds is 9. The number of ether oxygens (including phenoxy) is 1. The Hall–Kier alpha value is -1.60. The van der Waals surface area contributed by atoms with Crippen molar-refractivity contribution in [2.24, 2.45) is 0 Å². The molecule has 3 N–H and O–H groups in total. The molecule has 6 nitrogen and oxygen atoms in total. The molecule has 1 aromatic rings. The molecule has 134 valence electrons. The van der Waals surface area contributed by atoms with Crippen LogP contribution in [-0.4, -0.2) is 45.1 Å². The van der Waals surface area contributed by atoms with Crippen LogP contribution in [0, 0.1) is 0 Å². The summed E-state index contributed by atoms with van der Waals surface area (Å²) in [4.78, 5) is 24.9. The summed E-state index contributed by atoms with van der Waals surface area (Å²) >= 11 is 3.45. The summed E-state index contributed by atoms with van der Waals surface area (Å²) in [5.41, 5.74) is 1.02. The maximum atomic E-state index is 12.1. The van der Waals surface area contributed by atoms with Crippen molar-refractivity contribution in [2.75, 3.05) is 27.2 Å². The Bertz CT molecular complexity index is 566. The summed E-state index contributed by atoms with van der Waals surface area (Å²) in [6.45, 7) is 5.22. The lowest BCUT2D eigenvalue weighted by Crippen LogP contribution is -3.09. The second kappa shape index (κ2) is 10.3. The highest BCUT2D eigenvalue weighted by Crippen LogP contribution is 2.21. The largest absolute Gasteiger partial charge is 0.496 e. The first-order chi connectivity index (χ1) is 11.4. The van der Waals surface area contributed by atoms with E-state index in [4.69, 9.17) is 4.74 Å². The van der Waals surface area contributed by atoms with Crippen molar-refractivity contribution in [1.29, 1.82) is 0 Å². The van der Waals surface area contributed by atoms with Gasteiger partial charge in [-0.1, -0.05) is 22.9 Å². The molecule has 0 aliphatic rings. The standard InChI is InChI=1S/C17H26BrN3O3/c1-5-8-19-17(23)12(2)20-16(22)11-21(3)10-13-9-14(18)6-7-15(13)24-4/h6-7,9,12H,5,8,10-11H2,1-4H3,(H,19,23)(H,20,22)/p+1/t12-/m0/s1. The first-order valence-electron chi connectivity index (χ1n) is 8.08. The molecule has 0 radical (unpaired) electrons. The van der Waals surface area contributed by atoms with Crippen molar-refractivity contribution in [1.82, 2.24) is 10.6 Å². The van der Waals surface area contributed by atoms with Gasteiger partial charge in [-0.2, -0.15) is 0 Å². The number of likely N-dealkylation sites (N-methyl/N-ethyl adjacent to an activating group) is 1. The number of quaternary nitrogens is 1. The average Bonchev–Trinajstić information content (AvgIpc) is 2.52. The van der Waals surface area contributed by atoms with Gasteiger partial charge in [-0.15, -0.1) is 0 Å². The summed E-state index contributed by atoms with van der Waals surface area (Å²) in [5, 5.41) is 5.50. The first kappa shape index (κ1) is 20.4. The molecule has 7 heteroatoms. The SMILES string of the molecule is CCCNC(=O)[C@H](C)NC(=O)C[NH+](C)Cc1cc(Br)ccc1OC. The van der Waals surface area contributed by atoms with Crippen LogP contribution in [0.4, 0.5) is 0 Å². The Kier molecular flexibility index (Phi) is 8.78. The number of amides is 2. The van der Waals surface area contributed by atoms with Gasteiger partial charge in [0.15, 0.2) is 6.54 Å². The van der Waals surface area contributed by atoms with E-state index in [1.165, 1.54) is 0 Å². The van der Waals surface area contributed by atoms with E-state index in [0.29, 0.717) is 13.1 Å². The normalized spacial score (nSPS) is 13.0. The molecule has 0 aliphatic heterocycles. The third-order valence-electron chi connectivity index (χ3n) is 3.52. The molecule has 2 amide bonds. The molecule has 0 saturated carbocycles. The van der Waals surface area contributed by atoms with E-state index in [1.807, 2.05) is 32.2 Å². The van der Waals surface area contributed by atoms with E-state index < -0.39 is 6.04 Å². The minimum Gasteiger partial charge on any atom is -0.496 e. The number of halogens is 1. The van der Waals surface area contributed by atoms with Gasteiger partial charge in [0.25, 0.3) is 5.91 Å². The Balaban J connectivity index is 2.52. The van der Waals surface area contributed by atoms with Crippen molar-refractivity contribution in [3.8, 4) is 5.75 Å². The third kappa shape index (κ3) is 6.88. The second-order valence-corrected chi connectivity index (χ2v) is 6.76. The quantitative estimate of drug-likeness (QED) is 0.565. The molecule has 1 rings (SSSR count). The van der Waals surface area contributed by atoms with Crippen LogP contribution in [0.2, 0.25) is 0 Å². The molecule has 24 heavy (non-hydrogen) atoms. The molecule has 1 unspecified atom stereocenters. The van der Waals surface area contributed by atoms with E-state index in [1.54, 1.807) is 14.0 Å². The van der Waals surface area contributed by atoms with E-state index in [2.05, 4.69) is 26.6 Å². The van der Waals surface area contributed by atoms with Gasteiger partial charge >= 0.3 is 0 Å². The Morgan fingerprint density at radius 1 is 1.38 bits per heavy atom. The predicted octanol–water partition coefficient (Wildman–Crippen LogP) is 0.503. The highest BCUT2D eigenvalue weighted by Gasteiger charge is 2.18. The van der Waals surface area contributed by atoms with Gasteiger partial charge in [0, 0.05) is 16.6 Å². The fraction of sp³-hybridized carbons (Fsp3) is 0.529. The minimum atomic E-state index is -0.530. The lowest BCUT2D eigenvalue weighted by Gasteiger charge is -2.18. The second-order valence-electron chi connectivity index (χ2n) is 5.85. The topological polar surface area (TPSA) is 71.9 Å². The van der Waals surface area contributed by atoms with Crippen LogP contribution in [0.5, 0.6) is 5.75 Å². The van der Waals surface area contributed by atoms with E-state index in [0.717, 1.165) is 27.1 Å². The number of carbonyl (C=O) groups is 2. The summed E-state index contributed by atoms with van der Waals surface area (Å²) < 4.78 is 6.32. The number of hydrogen-bond donors (Lipinski definition) is 3.